The molecule has 0 saturated carbocycles. The molecule has 1 nitrogen and oxygen atoms in total. The highest BCUT2D eigenvalue weighted by Crippen LogP contribution is 2.28. The number of hydrogen-bond acceptors (Lipinski definition) is 1. The number of hydrogen-bond donors (Lipinski definition) is 1. The van der Waals surface area contributed by atoms with Crippen LogP contribution in [0.4, 0.5) is 14.5 Å². The number of benzene rings is 2. The number of rotatable bonds is 3. The van der Waals surface area contributed by atoms with Crippen LogP contribution in [0.15, 0.2) is 40.9 Å². The van der Waals surface area contributed by atoms with E-state index < -0.39 is 11.6 Å². The molecule has 0 aromatic heterocycles. The van der Waals surface area contributed by atoms with Crippen molar-refractivity contribution in [3.05, 3.63) is 63.1 Å². The molecule has 0 fully saturated rings. The Morgan fingerprint density at radius 2 is 1.89 bits per heavy atom. The maximum absolute atomic E-state index is 13.6. The minimum absolute atomic E-state index is 0.294. The molecule has 1 N–H and O–H groups in total. The highest BCUT2D eigenvalue weighted by Gasteiger charge is 2.12. The van der Waals surface area contributed by atoms with Crippen molar-refractivity contribution in [1.82, 2.24) is 0 Å². The maximum atomic E-state index is 13.6. The lowest BCUT2D eigenvalue weighted by Crippen LogP contribution is -2.08. The molecule has 0 aliphatic carbocycles. The van der Waals surface area contributed by atoms with Gasteiger partial charge in [-0.15, -0.1) is 0 Å². The zero-order chi connectivity index (χ0) is 14.0. The van der Waals surface area contributed by atoms with E-state index in [-0.39, 0.29) is 6.04 Å². The van der Waals surface area contributed by atoms with Gasteiger partial charge in [-0.05, 0) is 47.1 Å². The Kier molecular flexibility index (Phi) is 4.42. The molecule has 0 spiro atoms. The summed E-state index contributed by atoms with van der Waals surface area (Å²) in [6.07, 6.45) is 0. The van der Waals surface area contributed by atoms with Gasteiger partial charge in [-0.25, -0.2) is 8.78 Å². The first-order chi connectivity index (χ1) is 8.97. The first kappa shape index (κ1) is 14.3. The number of halogens is 4. The van der Waals surface area contributed by atoms with Gasteiger partial charge in [0.2, 0.25) is 0 Å². The van der Waals surface area contributed by atoms with Crippen LogP contribution >= 0.6 is 27.5 Å². The molecule has 19 heavy (non-hydrogen) atoms. The molecule has 1 atom stereocenters. The summed E-state index contributed by atoms with van der Waals surface area (Å²) in [5.74, 6) is -1.15. The third kappa shape index (κ3) is 3.45. The second-order valence-electron chi connectivity index (χ2n) is 4.16. The van der Waals surface area contributed by atoms with Crippen LogP contribution in [0.1, 0.15) is 18.5 Å². The van der Waals surface area contributed by atoms with E-state index in [9.17, 15) is 8.78 Å². The van der Waals surface area contributed by atoms with Crippen molar-refractivity contribution in [3.63, 3.8) is 0 Å². The van der Waals surface area contributed by atoms with E-state index in [0.717, 1.165) is 16.2 Å². The van der Waals surface area contributed by atoms with E-state index in [4.69, 9.17) is 11.6 Å². The third-order valence-corrected chi connectivity index (χ3v) is 3.96. The van der Waals surface area contributed by atoms with Gasteiger partial charge in [0, 0.05) is 21.8 Å². The van der Waals surface area contributed by atoms with Crippen LogP contribution in [0.3, 0.4) is 0 Å². The summed E-state index contributed by atoms with van der Waals surface area (Å²) < 4.78 is 27.3. The molecule has 1 unspecified atom stereocenters. The predicted octanol–water partition coefficient (Wildman–Crippen LogP) is 5.55. The largest absolute Gasteiger partial charge is 0.378 e. The molecular weight excluding hydrogens is 336 g/mol. The van der Waals surface area contributed by atoms with Crippen LogP contribution in [-0.4, -0.2) is 0 Å². The Morgan fingerprint density at radius 3 is 2.53 bits per heavy atom. The topological polar surface area (TPSA) is 12.0 Å². The molecule has 2 aromatic carbocycles. The van der Waals surface area contributed by atoms with Gasteiger partial charge in [0.1, 0.15) is 11.6 Å². The summed E-state index contributed by atoms with van der Waals surface area (Å²) >= 11 is 9.28. The summed E-state index contributed by atoms with van der Waals surface area (Å²) in [5, 5.41) is 3.69. The summed E-state index contributed by atoms with van der Waals surface area (Å²) in [4.78, 5) is 0. The van der Waals surface area contributed by atoms with Crippen LogP contribution in [-0.2, 0) is 0 Å². The first-order valence-corrected chi connectivity index (χ1v) is 6.81. The van der Waals surface area contributed by atoms with Gasteiger partial charge in [0.25, 0.3) is 0 Å². The van der Waals surface area contributed by atoms with Crippen LogP contribution in [0.25, 0.3) is 0 Å². The molecule has 0 aliphatic rings. The Balaban J connectivity index is 2.20. The minimum Gasteiger partial charge on any atom is -0.378 e. The Morgan fingerprint density at radius 1 is 1.16 bits per heavy atom. The Labute approximate surface area is 123 Å². The van der Waals surface area contributed by atoms with Crippen molar-refractivity contribution in [1.29, 1.82) is 0 Å². The van der Waals surface area contributed by atoms with Gasteiger partial charge in [0.05, 0.1) is 11.1 Å². The molecule has 100 valence electrons. The van der Waals surface area contributed by atoms with Crippen molar-refractivity contribution >= 4 is 33.2 Å². The zero-order valence-corrected chi connectivity index (χ0v) is 12.4. The molecule has 0 saturated heterocycles. The predicted molar refractivity (Wildman–Crippen MR) is 77.5 cm³/mol. The maximum Gasteiger partial charge on any atom is 0.131 e. The summed E-state index contributed by atoms with van der Waals surface area (Å²) in [6, 6.07) is 8.63. The summed E-state index contributed by atoms with van der Waals surface area (Å²) in [5.41, 5.74) is 1.17. The molecule has 0 aliphatic heterocycles. The smallest absolute Gasteiger partial charge is 0.131 e. The fraction of sp³-hybridized carbons (Fsp3) is 0.143. The van der Waals surface area contributed by atoms with Crippen LogP contribution in [0, 0.1) is 11.6 Å². The molecule has 0 bridgehead atoms. The second-order valence-corrected chi connectivity index (χ2v) is 5.42. The Bertz CT molecular complexity index is 604. The van der Waals surface area contributed by atoms with Crippen molar-refractivity contribution in [2.75, 3.05) is 5.32 Å². The zero-order valence-electron chi connectivity index (χ0n) is 10.1. The van der Waals surface area contributed by atoms with Gasteiger partial charge in [-0.2, -0.15) is 0 Å². The first-order valence-electron chi connectivity index (χ1n) is 5.64. The van der Waals surface area contributed by atoms with Crippen molar-refractivity contribution < 1.29 is 8.78 Å². The average Bonchev–Trinajstić information content (AvgIpc) is 2.33. The lowest BCUT2D eigenvalue weighted by molar-refractivity contribution is 0.566. The van der Waals surface area contributed by atoms with E-state index in [1.165, 1.54) is 12.1 Å². The fourth-order valence-corrected chi connectivity index (χ4v) is 2.19. The van der Waals surface area contributed by atoms with E-state index in [0.29, 0.717) is 10.6 Å². The van der Waals surface area contributed by atoms with Gasteiger partial charge >= 0.3 is 0 Å². The van der Waals surface area contributed by atoms with Gasteiger partial charge < -0.3 is 5.32 Å². The standard InChI is InChI=1S/C14H11BrClF2N/c1-8(11-4-2-9(17)6-14(11)18)19-10-3-5-12(15)13(16)7-10/h2-8,19H,1H3. The summed E-state index contributed by atoms with van der Waals surface area (Å²) in [6.45, 7) is 1.80. The van der Waals surface area contributed by atoms with Crippen molar-refractivity contribution in [2.45, 2.75) is 13.0 Å². The van der Waals surface area contributed by atoms with Gasteiger partial charge in [0.15, 0.2) is 0 Å². The monoisotopic (exact) mass is 345 g/mol. The minimum atomic E-state index is -0.583. The van der Waals surface area contributed by atoms with Crippen LogP contribution < -0.4 is 5.32 Å². The van der Waals surface area contributed by atoms with Gasteiger partial charge in [-0.1, -0.05) is 17.7 Å². The van der Waals surface area contributed by atoms with Gasteiger partial charge in [-0.3, -0.25) is 0 Å². The van der Waals surface area contributed by atoms with E-state index in [2.05, 4.69) is 21.2 Å². The molecule has 2 rings (SSSR count). The number of anilines is 1. The molecule has 5 heteroatoms. The van der Waals surface area contributed by atoms with Crippen LogP contribution in [0.5, 0.6) is 0 Å². The van der Waals surface area contributed by atoms with Crippen molar-refractivity contribution in [3.8, 4) is 0 Å². The molecule has 0 heterocycles. The molecular formula is C14H11BrClF2N. The average molecular weight is 347 g/mol. The molecule has 0 radical (unpaired) electrons. The third-order valence-electron chi connectivity index (χ3n) is 2.73. The SMILES string of the molecule is CC(Nc1ccc(Br)c(Cl)c1)c1ccc(F)cc1F. The highest BCUT2D eigenvalue weighted by molar-refractivity contribution is 9.10. The van der Waals surface area contributed by atoms with E-state index in [1.54, 1.807) is 19.1 Å². The lowest BCUT2D eigenvalue weighted by atomic mass is 10.1. The van der Waals surface area contributed by atoms with E-state index >= 15 is 0 Å². The quantitative estimate of drug-likeness (QED) is 0.768. The molecule has 0 amide bonds. The lowest BCUT2D eigenvalue weighted by Gasteiger charge is -2.17. The fourth-order valence-electron chi connectivity index (χ4n) is 1.77. The highest BCUT2D eigenvalue weighted by atomic mass is 79.9. The Hall–Kier alpha value is -1.13. The summed E-state index contributed by atoms with van der Waals surface area (Å²) in [7, 11) is 0. The molecule has 2 aromatic rings. The van der Waals surface area contributed by atoms with Crippen LogP contribution in [0.2, 0.25) is 5.02 Å². The van der Waals surface area contributed by atoms with E-state index in [1.807, 2.05) is 6.07 Å². The second kappa shape index (κ2) is 5.88. The normalized spacial score (nSPS) is 12.3. The van der Waals surface area contributed by atoms with Crippen molar-refractivity contribution in [2.24, 2.45) is 0 Å². The number of nitrogens with one attached hydrogen (secondary N) is 1.